The Balaban J connectivity index is 0. The standard InChI is InChI=1S/C5H13NO4S.Na/c1-3-10-5(2)4-6-11(7,8)9;/h5-6H,3-4H2,1-2H3,(H,7,8,9);/q;+1/p-1. The van der Waals surface area contributed by atoms with Crippen molar-refractivity contribution in [2.24, 2.45) is 0 Å². The van der Waals surface area contributed by atoms with Crippen molar-refractivity contribution < 1.29 is 47.3 Å². The summed E-state index contributed by atoms with van der Waals surface area (Å²) in [5, 5.41) is 0. The summed E-state index contributed by atoms with van der Waals surface area (Å²) in [6.07, 6.45) is -0.260. The molecule has 7 heteroatoms. The molecule has 0 amide bonds. The summed E-state index contributed by atoms with van der Waals surface area (Å²) in [7, 11) is -4.32. The number of hydrogen-bond acceptors (Lipinski definition) is 4. The van der Waals surface area contributed by atoms with Crippen LogP contribution in [0.3, 0.4) is 0 Å². The van der Waals surface area contributed by atoms with Crippen molar-refractivity contribution in [3.63, 3.8) is 0 Å². The molecule has 0 aliphatic rings. The summed E-state index contributed by atoms with van der Waals surface area (Å²) < 4.78 is 36.8. The minimum Gasteiger partial charge on any atom is -0.735 e. The van der Waals surface area contributed by atoms with E-state index in [1.807, 2.05) is 0 Å². The first-order chi connectivity index (χ1) is 4.95. The molecule has 0 aromatic rings. The minimum absolute atomic E-state index is 0. The van der Waals surface area contributed by atoms with Crippen molar-refractivity contribution in [2.45, 2.75) is 20.0 Å². The van der Waals surface area contributed by atoms with Crippen LogP contribution >= 0.6 is 0 Å². The molecule has 0 spiro atoms. The summed E-state index contributed by atoms with van der Waals surface area (Å²) in [5.41, 5.74) is 0. The molecule has 0 aliphatic heterocycles. The molecule has 12 heavy (non-hydrogen) atoms. The third-order valence-electron chi connectivity index (χ3n) is 0.999. The van der Waals surface area contributed by atoms with Crippen LogP contribution in [0.5, 0.6) is 0 Å². The van der Waals surface area contributed by atoms with Crippen LogP contribution in [0.1, 0.15) is 13.8 Å². The third kappa shape index (κ3) is 10.8. The normalized spacial score (nSPS) is 13.6. The van der Waals surface area contributed by atoms with Crippen molar-refractivity contribution >= 4 is 10.3 Å². The second-order valence-electron chi connectivity index (χ2n) is 2.07. The summed E-state index contributed by atoms with van der Waals surface area (Å²) in [4.78, 5) is 0. The zero-order valence-electron chi connectivity index (χ0n) is 7.53. The van der Waals surface area contributed by atoms with Gasteiger partial charge in [0.25, 0.3) is 0 Å². The zero-order chi connectivity index (χ0) is 8.91. The molecule has 0 aromatic carbocycles. The van der Waals surface area contributed by atoms with E-state index < -0.39 is 10.3 Å². The van der Waals surface area contributed by atoms with Gasteiger partial charge in [-0.1, -0.05) is 0 Å². The van der Waals surface area contributed by atoms with E-state index in [0.717, 1.165) is 0 Å². The summed E-state index contributed by atoms with van der Waals surface area (Å²) in [5.74, 6) is 0. The number of hydrogen-bond donors (Lipinski definition) is 1. The van der Waals surface area contributed by atoms with Gasteiger partial charge in [-0.2, -0.15) is 0 Å². The predicted octanol–water partition coefficient (Wildman–Crippen LogP) is -3.53. The average molecular weight is 205 g/mol. The van der Waals surface area contributed by atoms with E-state index >= 15 is 0 Å². The van der Waals surface area contributed by atoms with Gasteiger partial charge in [0, 0.05) is 13.2 Å². The Morgan fingerprint density at radius 1 is 1.58 bits per heavy atom. The largest absolute Gasteiger partial charge is 1.00 e. The first kappa shape index (κ1) is 15.3. The molecule has 0 heterocycles. The van der Waals surface area contributed by atoms with Gasteiger partial charge in [-0.25, -0.2) is 13.1 Å². The Morgan fingerprint density at radius 3 is 2.42 bits per heavy atom. The van der Waals surface area contributed by atoms with Gasteiger partial charge in [0.15, 0.2) is 10.3 Å². The predicted molar refractivity (Wildman–Crippen MR) is 38.8 cm³/mol. The number of ether oxygens (including phenoxy) is 1. The first-order valence-corrected chi connectivity index (χ1v) is 4.68. The molecule has 0 bridgehead atoms. The van der Waals surface area contributed by atoms with Gasteiger partial charge in [0.2, 0.25) is 0 Å². The van der Waals surface area contributed by atoms with Gasteiger partial charge in [0.05, 0.1) is 6.10 Å². The van der Waals surface area contributed by atoms with E-state index in [-0.39, 0.29) is 42.2 Å². The van der Waals surface area contributed by atoms with E-state index in [2.05, 4.69) is 0 Å². The van der Waals surface area contributed by atoms with Crippen LogP contribution in [0, 0.1) is 0 Å². The quantitative estimate of drug-likeness (QED) is 0.372. The SMILES string of the molecule is CCOC(C)CNS(=O)(=O)[O-].[Na+]. The van der Waals surface area contributed by atoms with Crippen molar-refractivity contribution in [2.75, 3.05) is 13.2 Å². The molecule has 0 saturated heterocycles. The monoisotopic (exact) mass is 205 g/mol. The van der Waals surface area contributed by atoms with E-state index in [9.17, 15) is 13.0 Å². The Bertz CT molecular complexity index is 194. The number of nitrogens with one attached hydrogen (secondary N) is 1. The van der Waals surface area contributed by atoms with E-state index in [4.69, 9.17) is 4.74 Å². The first-order valence-electron chi connectivity index (χ1n) is 3.27. The van der Waals surface area contributed by atoms with Crippen LogP contribution in [-0.2, 0) is 15.0 Å². The molecule has 0 aromatic heterocycles. The summed E-state index contributed by atoms with van der Waals surface area (Å²) in [6, 6.07) is 0. The van der Waals surface area contributed by atoms with Crippen molar-refractivity contribution in [3.05, 3.63) is 0 Å². The Labute approximate surface area is 95.0 Å². The van der Waals surface area contributed by atoms with Crippen LogP contribution in [0.2, 0.25) is 0 Å². The van der Waals surface area contributed by atoms with Gasteiger partial charge in [-0.15, -0.1) is 0 Å². The maximum atomic E-state index is 10.0. The van der Waals surface area contributed by atoms with E-state index in [1.54, 1.807) is 18.6 Å². The summed E-state index contributed by atoms with van der Waals surface area (Å²) in [6.45, 7) is 4.01. The van der Waals surface area contributed by atoms with Gasteiger partial charge in [-0.05, 0) is 13.8 Å². The second kappa shape index (κ2) is 7.25. The fraction of sp³-hybridized carbons (Fsp3) is 1.00. The number of rotatable bonds is 5. The smallest absolute Gasteiger partial charge is 0.735 e. The maximum Gasteiger partial charge on any atom is 1.00 e. The maximum absolute atomic E-state index is 10.0. The van der Waals surface area contributed by atoms with Crippen LogP contribution in [0.15, 0.2) is 0 Å². The van der Waals surface area contributed by atoms with Crippen LogP contribution in [0.25, 0.3) is 0 Å². The molecule has 5 nitrogen and oxygen atoms in total. The molecule has 0 radical (unpaired) electrons. The Morgan fingerprint density at radius 2 is 2.08 bits per heavy atom. The van der Waals surface area contributed by atoms with Crippen molar-refractivity contribution in [3.8, 4) is 0 Å². The van der Waals surface area contributed by atoms with Crippen LogP contribution in [-0.4, -0.2) is 32.2 Å². The molecule has 1 atom stereocenters. The minimum atomic E-state index is -4.32. The molecule has 1 unspecified atom stereocenters. The zero-order valence-corrected chi connectivity index (χ0v) is 10.3. The third-order valence-corrected chi connectivity index (χ3v) is 1.52. The molecule has 0 fully saturated rings. The summed E-state index contributed by atoms with van der Waals surface area (Å²) >= 11 is 0. The molecular formula is C5H12NNaO4S. The molecule has 68 valence electrons. The van der Waals surface area contributed by atoms with Crippen LogP contribution in [0.4, 0.5) is 0 Å². The molecule has 1 N–H and O–H groups in total. The second-order valence-corrected chi connectivity index (χ2v) is 3.27. The molecular weight excluding hydrogens is 193 g/mol. The van der Waals surface area contributed by atoms with Gasteiger partial charge < -0.3 is 9.29 Å². The van der Waals surface area contributed by atoms with Crippen molar-refractivity contribution in [1.29, 1.82) is 0 Å². The fourth-order valence-corrected chi connectivity index (χ4v) is 1.00. The van der Waals surface area contributed by atoms with Gasteiger partial charge >= 0.3 is 29.6 Å². The molecule has 0 aliphatic carbocycles. The topological polar surface area (TPSA) is 78.5 Å². The van der Waals surface area contributed by atoms with Crippen molar-refractivity contribution in [1.82, 2.24) is 4.72 Å². The fourth-order valence-electron chi connectivity index (χ4n) is 0.563. The van der Waals surface area contributed by atoms with Gasteiger partial charge in [-0.3, -0.25) is 0 Å². The van der Waals surface area contributed by atoms with Crippen LogP contribution < -0.4 is 34.3 Å². The Kier molecular flexibility index (Phi) is 9.25. The molecule has 0 saturated carbocycles. The van der Waals surface area contributed by atoms with Gasteiger partial charge in [0.1, 0.15) is 0 Å². The van der Waals surface area contributed by atoms with E-state index in [0.29, 0.717) is 6.61 Å². The Hall–Kier alpha value is 0.830. The van der Waals surface area contributed by atoms with E-state index in [1.165, 1.54) is 0 Å². The molecule has 0 rings (SSSR count). The average Bonchev–Trinajstić information content (AvgIpc) is 1.83.